The van der Waals surface area contributed by atoms with E-state index < -0.39 is 0 Å². The summed E-state index contributed by atoms with van der Waals surface area (Å²) >= 11 is 3.68. The van der Waals surface area contributed by atoms with Crippen LogP contribution in [0.3, 0.4) is 0 Å². The molecule has 1 aliphatic carbocycles. The third-order valence-electron chi connectivity index (χ3n) is 5.33. The summed E-state index contributed by atoms with van der Waals surface area (Å²) in [6, 6.07) is 8.45. The van der Waals surface area contributed by atoms with Crippen molar-refractivity contribution in [1.82, 2.24) is 15.5 Å². The van der Waals surface area contributed by atoms with E-state index in [1.165, 1.54) is 22.9 Å². The molecule has 2 amide bonds. The van der Waals surface area contributed by atoms with E-state index in [1.807, 2.05) is 0 Å². The van der Waals surface area contributed by atoms with E-state index in [4.69, 9.17) is 10.7 Å². The summed E-state index contributed by atoms with van der Waals surface area (Å²) in [4.78, 5) is 17.8. The third kappa shape index (κ3) is 5.73. The van der Waals surface area contributed by atoms with E-state index in [1.54, 1.807) is 4.90 Å². The van der Waals surface area contributed by atoms with E-state index >= 15 is 0 Å². The second kappa shape index (κ2) is 9.95. The van der Waals surface area contributed by atoms with Crippen molar-refractivity contribution < 1.29 is 4.79 Å². The topological polar surface area (TPSA) is 82.8 Å². The van der Waals surface area contributed by atoms with Crippen LogP contribution in [-0.2, 0) is 5.41 Å². The zero-order chi connectivity index (χ0) is 18.6. The number of carbonyl (C=O) groups excluding carboxylic acids is 1. The smallest absolute Gasteiger partial charge is 0.314 e. The fourth-order valence-corrected chi connectivity index (χ4v) is 4.25. The van der Waals surface area contributed by atoms with Gasteiger partial charge in [-0.2, -0.15) is 0 Å². The van der Waals surface area contributed by atoms with Gasteiger partial charge in [-0.3, -0.25) is 4.99 Å². The van der Waals surface area contributed by atoms with Gasteiger partial charge >= 0.3 is 6.03 Å². The number of guanidine groups is 1. The van der Waals surface area contributed by atoms with E-state index in [0.717, 1.165) is 31.9 Å². The number of rotatable bonds is 5. The van der Waals surface area contributed by atoms with Crippen molar-refractivity contribution in [2.45, 2.75) is 44.1 Å². The lowest BCUT2D eigenvalue weighted by molar-refractivity contribution is 0.188. The first kappa shape index (κ1) is 22.3. The maximum absolute atomic E-state index is 11.3. The van der Waals surface area contributed by atoms with Crippen molar-refractivity contribution in [2.75, 3.05) is 26.2 Å². The molecule has 1 heterocycles. The first-order chi connectivity index (χ1) is 12.5. The molecule has 0 aromatic heterocycles. The lowest BCUT2D eigenvalue weighted by Crippen LogP contribution is -2.50. The number of nitrogens with zero attached hydrogens (tertiary/aromatic N) is 2. The van der Waals surface area contributed by atoms with Crippen LogP contribution in [0.25, 0.3) is 0 Å². The molecule has 0 radical (unpaired) electrons. The highest BCUT2D eigenvalue weighted by molar-refractivity contribution is 14.0. The summed E-state index contributed by atoms with van der Waals surface area (Å²) in [5.41, 5.74) is 6.88. The van der Waals surface area contributed by atoms with Gasteiger partial charge in [-0.1, -0.05) is 34.1 Å². The van der Waals surface area contributed by atoms with Crippen molar-refractivity contribution >= 4 is 51.9 Å². The zero-order valence-electron chi connectivity index (χ0n) is 15.7. The van der Waals surface area contributed by atoms with Gasteiger partial charge in [0.25, 0.3) is 0 Å². The molecule has 1 aromatic carbocycles. The second-order valence-corrected chi connectivity index (χ2v) is 8.05. The van der Waals surface area contributed by atoms with Gasteiger partial charge in [-0.25, -0.2) is 4.79 Å². The Kier molecular flexibility index (Phi) is 8.20. The molecular weight excluding hydrogens is 521 g/mol. The molecule has 1 saturated heterocycles. The lowest BCUT2D eigenvalue weighted by atomic mass is 9.96. The minimum absolute atomic E-state index is 0. The Morgan fingerprint density at radius 3 is 2.56 bits per heavy atom. The Balaban J connectivity index is 0.00000261. The lowest BCUT2D eigenvalue weighted by Gasteiger charge is -2.32. The number of halogens is 2. The molecule has 150 valence electrons. The fraction of sp³-hybridized carbons (Fsp3) is 0.579. The highest BCUT2D eigenvalue weighted by atomic mass is 127. The Bertz CT molecular complexity index is 672. The van der Waals surface area contributed by atoms with Gasteiger partial charge < -0.3 is 21.3 Å². The normalized spacial score (nSPS) is 19.2. The minimum atomic E-state index is -0.326. The number of carbonyl (C=O) groups is 1. The number of hydrogen-bond acceptors (Lipinski definition) is 2. The van der Waals surface area contributed by atoms with Crippen molar-refractivity contribution in [3.8, 4) is 0 Å². The third-order valence-corrected chi connectivity index (χ3v) is 6.02. The number of hydrogen-bond donors (Lipinski definition) is 3. The maximum atomic E-state index is 11.3. The second-order valence-electron chi connectivity index (χ2n) is 7.20. The molecule has 4 N–H and O–H groups in total. The Morgan fingerprint density at radius 1 is 1.33 bits per heavy atom. The number of primary amides is 1. The predicted molar refractivity (Wildman–Crippen MR) is 124 cm³/mol. The minimum Gasteiger partial charge on any atom is -0.357 e. The average Bonchev–Trinajstić information content (AvgIpc) is 3.42. The van der Waals surface area contributed by atoms with Gasteiger partial charge in [0, 0.05) is 35.6 Å². The highest BCUT2D eigenvalue weighted by Gasteiger charge is 2.45. The Morgan fingerprint density at radius 2 is 2.00 bits per heavy atom. The fourth-order valence-electron chi connectivity index (χ4n) is 3.54. The van der Waals surface area contributed by atoms with Gasteiger partial charge in [-0.15, -0.1) is 24.0 Å². The summed E-state index contributed by atoms with van der Waals surface area (Å²) < 4.78 is 1.17. The Labute approximate surface area is 186 Å². The van der Waals surface area contributed by atoms with Crippen molar-refractivity contribution in [3.05, 3.63) is 34.3 Å². The Hall–Kier alpha value is -1.03. The van der Waals surface area contributed by atoms with Crippen molar-refractivity contribution in [3.63, 3.8) is 0 Å². The molecule has 0 spiro atoms. The molecule has 2 fully saturated rings. The number of likely N-dealkylation sites (tertiary alicyclic amines) is 1. The standard InChI is InChI=1S/C19H28BrN5O.HI/c1-2-22-18(24-14-7-11-25(12-8-14)17(21)26)23-13-19(9-10-19)15-5-3-4-6-16(15)20;/h3-6,14H,2,7-13H2,1H3,(H2,21,26)(H2,22,23,24);1H. The zero-order valence-corrected chi connectivity index (χ0v) is 19.6. The first-order valence-electron chi connectivity index (χ1n) is 9.38. The van der Waals surface area contributed by atoms with Crippen LogP contribution in [0.2, 0.25) is 0 Å². The summed E-state index contributed by atoms with van der Waals surface area (Å²) in [6.07, 6.45) is 4.14. The van der Waals surface area contributed by atoms with Crippen molar-refractivity contribution in [2.24, 2.45) is 10.7 Å². The number of nitrogens with two attached hydrogens (primary N) is 1. The molecule has 0 unspecified atom stereocenters. The number of amides is 2. The average molecular weight is 550 g/mol. The van der Waals surface area contributed by atoms with Gasteiger partial charge in [0.2, 0.25) is 0 Å². The molecular formula is C19H29BrIN5O. The number of urea groups is 1. The van der Waals surface area contributed by atoms with Gasteiger partial charge in [-0.05, 0) is 44.2 Å². The first-order valence-corrected chi connectivity index (χ1v) is 10.2. The molecule has 8 heteroatoms. The van der Waals surface area contributed by atoms with E-state index in [9.17, 15) is 4.79 Å². The van der Waals surface area contributed by atoms with Crippen LogP contribution in [0.5, 0.6) is 0 Å². The molecule has 6 nitrogen and oxygen atoms in total. The summed E-state index contributed by atoms with van der Waals surface area (Å²) in [7, 11) is 0. The number of aliphatic imine (C=N–C) groups is 1. The number of nitrogens with one attached hydrogen (secondary N) is 2. The molecule has 27 heavy (non-hydrogen) atoms. The molecule has 1 saturated carbocycles. The summed E-state index contributed by atoms with van der Waals surface area (Å²) in [6.45, 7) is 5.09. The molecule has 0 bridgehead atoms. The van der Waals surface area contributed by atoms with Gasteiger partial charge in [0.15, 0.2) is 5.96 Å². The van der Waals surface area contributed by atoms with E-state index in [2.05, 4.69) is 57.8 Å². The molecule has 2 aliphatic rings. The number of piperidine rings is 1. The largest absolute Gasteiger partial charge is 0.357 e. The molecule has 1 aliphatic heterocycles. The molecule has 3 rings (SSSR count). The predicted octanol–water partition coefficient (Wildman–Crippen LogP) is 3.20. The van der Waals surface area contributed by atoms with Crippen LogP contribution in [0.15, 0.2) is 33.7 Å². The van der Waals surface area contributed by atoms with Crippen LogP contribution >= 0.6 is 39.9 Å². The maximum Gasteiger partial charge on any atom is 0.314 e. The molecule has 1 aromatic rings. The van der Waals surface area contributed by atoms with Crippen LogP contribution in [0.1, 0.15) is 38.2 Å². The quantitative estimate of drug-likeness (QED) is 0.300. The highest BCUT2D eigenvalue weighted by Crippen LogP contribution is 2.50. The van der Waals surface area contributed by atoms with Crippen LogP contribution in [0.4, 0.5) is 4.79 Å². The van der Waals surface area contributed by atoms with Crippen LogP contribution in [0, 0.1) is 0 Å². The van der Waals surface area contributed by atoms with Gasteiger partial charge in [0.05, 0.1) is 6.54 Å². The SMILES string of the molecule is CCNC(=NCC1(c2ccccc2Br)CC1)NC1CCN(C(N)=O)CC1.I. The monoisotopic (exact) mass is 549 g/mol. The van der Waals surface area contributed by atoms with Crippen LogP contribution in [-0.4, -0.2) is 49.1 Å². The summed E-state index contributed by atoms with van der Waals surface area (Å²) in [5, 5.41) is 6.88. The van der Waals surface area contributed by atoms with Gasteiger partial charge in [0.1, 0.15) is 0 Å². The van der Waals surface area contributed by atoms with Crippen LogP contribution < -0.4 is 16.4 Å². The van der Waals surface area contributed by atoms with E-state index in [0.29, 0.717) is 19.1 Å². The van der Waals surface area contributed by atoms with E-state index in [-0.39, 0.29) is 35.4 Å². The van der Waals surface area contributed by atoms with Crippen molar-refractivity contribution in [1.29, 1.82) is 0 Å². The summed E-state index contributed by atoms with van der Waals surface area (Å²) in [5.74, 6) is 0.864. The number of benzene rings is 1. The molecule has 0 atom stereocenters.